The zero-order chi connectivity index (χ0) is 18.9. The van der Waals surface area contributed by atoms with E-state index >= 15 is 0 Å². The molecule has 0 bridgehead atoms. The van der Waals surface area contributed by atoms with Crippen LogP contribution in [0.2, 0.25) is 0 Å². The molecule has 26 heavy (non-hydrogen) atoms. The van der Waals surface area contributed by atoms with Crippen LogP contribution in [0.15, 0.2) is 36.7 Å². The first-order chi connectivity index (χ1) is 12.3. The average Bonchev–Trinajstić information content (AvgIpc) is 3.23. The highest BCUT2D eigenvalue weighted by Gasteiger charge is 2.36. The number of nitrogens with one attached hydrogen (secondary N) is 1. The van der Waals surface area contributed by atoms with Gasteiger partial charge in [0.25, 0.3) is 0 Å². The van der Waals surface area contributed by atoms with E-state index in [4.69, 9.17) is 0 Å². The summed E-state index contributed by atoms with van der Waals surface area (Å²) < 4.78 is 26.9. The number of amides is 1. The molecule has 2 heterocycles. The first-order valence-electron chi connectivity index (χ1n) is 8.65. The van der Waals surface area contributed by atoms with Gasteiger partial charge in [0.05, 0.1) is 12.3 Å². The second kappa shape index (κ2) is 7.20. The molecule has 0 aliphatic carbocycles. The molecular weight excluding hydrogens is 352 g/mol. The van der Waals surface area contributed by atoms with Crippen molar-refractivity contribution in [3.8, 4) is 5.69 Å². The maximum Gasteiger partial charge on any atom is 0.238 e. The molecule has 2 aromatic rings. The second-order valence-corrected chi connectivity index (χ2v) is 8.63. The van der Waals surface area contributed by atoms with Crippen molar-refractivity contribution in [3.05, 3.63) is 48.0 Å². The predicted octanol–water partition coefficient (Wildman–Crippen LogP) is 1.78. The van der Waals surface area contributed by atoms with Crippen molar-refractivity contribution >= 4 is 15.9 Å². The van der Waals surface area contributed by atoms with Gasteiger partial charge < -0.3 is 9.88 Å². The summed E-state index contributed by atoms with van der Waals surface area (Å²) in [4.78, 5) is 16.8. The molecule has 0 radical (unpaired) electrons. The lowest BCUT2D eigenvalue weighted by Gasteiger charge is -2.23. The third-order valence-corrected chi connectivity index (χ3v) is 6.08. The van der Waals surface area contributed by atoms with Gasteiger partial charge in [-0.05, 0) is 44.4 Å². The number of carbonyl (C=O) groups excluding carboxylic acids is 1. The Bertz CT molecular complexity index is 889. The fourth-order valence-corrected chi connectivity index (χ4v) is 4.49. The lowest BCUT2D eigenvalue weighted by molar-refractivity contribution is -0.124. The molecule has 1 aliphatic rings. The van der Waals surface area contributed by atoms with E-state index in [9.17, 15) is 13.2 Å². The molecule has 0 saturated carbocycles. The Morgan fingerprint density at radius 2 is 2.00 bits per heavy atom. The van der Waals surface area contributed by atoms with Crippen molar-refractivity contribution in [2.45, 2.75) is 38.8 Å². The van der Waals surface area contributed by atoms with E-state index in [1.54, 1.807) is 6.20 Å². The molecule has 3 rings (SSSR count). The molecule has 1 N–H and O–H groups in total. The predicted molar refractivity (Wildman–Crippen MR) is 99.4 cm³/mol. The Kier molecular flexibility index (Phi) is 5.15. The fraction of sp³-hybridized carbons (Fsp3) is 0.444. The monoisotopic (exact) mass is 376 g/mol. The summed E-state index contributed by atoms with van der Waals surface area (Å²) in [7, 11) is -3.37. The van der Waals surface area contributed by atoms with Gasteiger partial charge >= 0.3 is 0 Å². The molecule has 140 valence electrons. The third kappa shape index (κ3) is 3.81. The highest BCUT2D eigenvalue weighted by molar-refractivity contribution is 7.88. The number of imidazole rings is 1. The van der Waals surface area contributed by atoms with Crippen molar-refractivity contribution in [1.82, 2.24) is 19.2 Å². The minimum Gasteiger partial charge on any atom is -0.348 e. The van der Waals surface area contributed by atoms with Gasteiger partial charge in [-0.25, -0.2) is 13.4 Å². The van der Waals surface area contributed by atoms with Crippen LogP contribution in [-0.4, -0.2) is 47.0 Å². The molecule has 2 unspecified atom stereocenters. The van der Waals surface area contributed by atoms with Crippen LogP contribution in [0, 0.1) is 6.92 Å². The van der Waals surface area contributed by atoms with Gasteiger partial charge in [0.1, 0.15) is 11.9 Å². The maximum atomic E-state index is 12.6. The number of aryl methyl sites for hydroxylation is 1. The summed E-state index contributed by atoms with van der Waals surface area (Å²) in [6.45, 7) is 4.24. The number of carbonyl (C=O) groups is 1. The van der Waals surface area contributed by atoms with E-state index in [1.807, 2.05) is 48.9 Å². The van der Waals surface area contributed by atoms with Gasteiger partial charge in [-0.3, -0.25) is 4.79 Å². The number of rotatable bonds is 5. The Labute approximate surface area is 154 Å². The van der Waals surface area contributed by atoms with E-state index in [1.165, 1.54) is 4.31 Å². The Morgan fingerprint density at radius 3 is 2.58 bits per heavy atom. The number of benzene rings is 1. The van der Waals surface area contributed by atoms with Crippen LogP contribution < -0.4 is 5.32 Å². The molecule has 1 aromatic carbocycles. The number of aromatic nitrogens is 2. The van der Waals surface area contributed by atoms with Crippen molar-refractivity contribution in [3.63, 3.8) is 0 Å². The van der Waals surface area contributed by atoms with Gasteiger partial charge in [0, 0.05) is 24.6 Å². The summed E-state index contributed by atoms with van der Waals surface area (Å²) in [6.07, 6.45) is 6.07. The number of hydrogen-bond donors (Lipinski definition) is 1. The average molecular weight is 376 g/mol. The molecule has 1 saturated heterocycles. The smallest absolute Gasteiger partial charge is 0.238 e. The molecule has 1 aromatic heterocycles. The minimum absolute atomic E-state index is 0.206. The largest absolute Gasteiger partial charge is 0.348 e. The van der Waals surface area contributed by atoms with E-state index in [0.717, 1.165) is 23.3 Å². The van der Waals surface area contributed by atoms with Gasteiger partial charge in [-0.15, -0.1) is 0 Å². The SMILES string of the molecule is Cc1nccn1-c1ccc(C(C)NC(=O)C2CCCN2S(C)(=O)=O)cc1. The van der Waals surface area contributed by atoms with Gasteiger partial charge in [-0.2, -0.15) is 4.31 Å². The van der Waals surface area contributed by atoms with E-state index in [-0.39, 0.29) is 11.9 Å². The molecule has 7 nitrogen and oxygen atoms in total. The Morgan fingerprint density at radius 1 is 1.31 bits per heavy atom. The summed E-state index contributed by atoms with van der Waals surface area (Å²) >= 11 is 0. The lowest BCUT2D eigenvalue weighted by atomic mass is 10.1. The van der Waals surface area contributed by atoms with Crippen LogP contribution >= 0.6 is 0 Å². The summed E-state index contributed by atoms with van der Waals surface area (Å²) in [5, 5.41) is 2.94. The minimum atomic E-state index is -3.37. The quantitative estimate of drug-likeness (QED) is 0.862. The zero-order valence-electron chi connectivity index (χ0n) is 15.2. The summed E-state index contributed by atoms with van der Waals surface area (Å²) in [5.74, 6) is 0.663. The summed E-state index contributed by atoms with van der Waals surface area (Å²) in [5.41, 5.74) is 1.96. The third-order valence-electron chi connectivity index (χ3n) is 4.79. The molecule has 8 heteroatoms. The van der Waals surface area contributed by atoms with Gasteiger partial charge in [0.15, 0.2) is 0 Å². The van der Waals surface area contributed by atoms with Crippen molar-refractivity contribution < 1.29 is 13.2 Å². The molecule has 1 fully saturated rings. The first kappa shape index (κ1) is 18.6. The van der Waals surface area contributed by atoms with Crippen LogP contribution in [0.4, 0.5) is 0 Å². The topological polar surface area (TPSA) is 84.3 Å². The van der Waals surface area contributed by atoms with Crippen molar-refractivity contribution in [2.75, 3.05) is 12.8 Å². The van der Waals surface area contributed by atoms with Crippen LogP contribution in [0.25, 0.3) is 5.69 Å². The van der Waals surface area contributed by atoms with Crippen LogP contribution in [0.1, 0.15) is 37.2 Å². The van der Waals surface area contributed by atoms with E-state index in [0.29, 0.717) is 19.4 Å². The highest BCUT2D eigenvalue weighted by Crippen LogP contribution is 2.22. The molecule has 0 spiro atoms. The van der Waals surface area contributed by atoms with E-state index in [2.05, 4.69) is 10.3 Å². The molecule has 2 atom stereocenters. The standard InChI is InChI=1S/C18H24N4O3S/c1-13(20-18(23)17-5-4-11-22(17)26(3,24)25)15-6-8-16(9-7-15)21-12-10-19-14(21)2/h6-10,12-13,17H,4-5,11H2,1-3H3,(H,20,23). The van der Waals surface area contributed by atoms with Crippen LogP contribution in [0.3, 0.4) is 0 Å². The number of sulfonamides is 1. The van der Waals surface area contributed by atoms with Crippen LogP contribution in [-0.2, 0) is 14.8 Å². The van der Waals surface area contributed by atoms with Crippen molar-refractivity contribution in [2.24, 2.45) is 0 Å². The van der Waals surface area contributed by atoms with E-state index < -0.39 is 16.1 Å². The second-order valence-electron chi connectivity index (χ2n) is 6.70. The molecule has 1 aliphatic heterocycles. The maximum absolute atomic E-state index is 12.6. The molecule has 1 amide bonds. The van der Waals surface area contributed by atoms with Gasteiger partial charge in [-0.1, -0.05) is 12.1 Å². The van der Waals surface area contributed by atoms with Crippen LogP contribution in [0.5, 0.6) is 0 Å². The Balaban J connectivity index is 1.69. The number of hydrogen-bond acceptors (Lipinski definition) is 4. The van der Waals surface area contributed by atoms with Crippen molar-refractivity contribution in [1.29, 1.82) is 0 Å². The fourth-order valence-electron chi connectivity index (χ4n) is 3.37. The summed E-state index contributed by atoms with van der Waals surface area (Å²) in [6, 6.07) is 7.06. The lowest BCUT2D eigenvalue weighted by Crippen LogP contribution is -2.46. The zero-order valence-corrected chi connectivity index (χ0v) is 16.0. The Hall–Kier alpha value is -2.19. The number of nitrogens with zero attached hydrogens (tertiary/aromatic N) is 3. The first-order valence-corrected chi connectivity index (χ1v) is 10.5. The normalized spacial score (nSPS) is 19.4. The highest BCUT2D eigenvalue weighted by atomic mass is 32.2. The van der Waals surface area contributed by atoms with Gasteiger partial charge in [0.2, 0.25) is 15.9 Å². The molecular formula is C18H24N4O3S.